The van der Waals surface area contributed by atoms with Crippen molar-refractivity contribution in [1.29, 1.82) is 0 Å². The van der Waals surface area contributed by atoms with Crippen LogP contribution in [0.25, 0.3) is 0 Å². The summed E-state index contributed by atoms with van der Waals surface area (Å²) in [5.74, 6) is 0.774. The molecule has 0 radical (unpaired) electrons. The van der Waals surface area contributed by atoms with E-state index in [9.17, 15) is 4.79 Å². The van der Waals surface area contributed by atoms with Crippen LogP contribution in [0.15, 0.2) is 0 Å². The van der Waals surface area contributed by atoms with Gasteiger partial charge in [-0.1, -0.05) is 13.8 Å². The molecule has 1 rings (SSSR count). The molecule has 1 heterocycles. The van der Waals surface area contributed by atoms with Crippen molar-refractivity contribution >= 4 is 18.3 Å². The molecular weight excluding hydrogens is 200 g/mol. The summed E-state index contributed by atoms with van der Waals surface area (Å²) in [7, 11) is 0. The standard InChI is InChI=1S/C10H20N2O.ClH/c1-3-9(11)10(13)12-6-4-5-8(2)7-12;/h8-9H,3-7,11H2,1-2H3;1H/t8-,9+;/m0./s1. The number of rotatable bonds is 2. The smallest absolute Gasteiger partial charge is 0.239 e. The van der Waals surface area contributed by atoms with Gasteiger partial charge >= 0.3 is 0 Å². The average Bonchev–Trinajstić information content (AvgIpc) is 2.15. The molecule has 1 fully saturated rings. The molecule has 3 nitrogen and oxygen atoms in total. The summed E-state index contributed by atoms with van der Waals surface area (Å²) in [6.45, 7) is 5.94. The van der Waals surface area contributed by atoms with Crippen molar-refractivity contribution in [2.45, 2.75) is 39.2 Å². The van der Waals surface area contributed by atoms with Gasteiger partial charge in [0.05, 0.1) is 6.04 Å². The molecule has 1 saturated heterocycles. The van der Waals surface area contributed by atoms with Crippen molar-refractivity contribution in [1.82, 2.24) is 4.90 Å². The molecule has 0 unspecified atom stereocenters. The Morgan fingerprint density at radius 3 is 2.79 bits per heavy atom. The van der Waals surface area contributed by atoms with Crippen LogP contribution >= 0.6 is 12.4 Å². The van der Waals surface area contributed by atoms with Crippen LogP contribution in [0.5, 0.6) is 0 Å². The molecule has 0 aliphatic carbocycles. The fraction of sp³-hybridized carbons (Fsp3) is 0.900. The third-order valence-electron chi connectivity index (χ3n) is 2.73. The van der Waals surface area contributed by atoms with Gasteiger partial charge in [0.2, 0.25) is 5.91 Å². The molecule has 14 heavy (non-hydrogen) atoms. The fourth-order valence-electron chi connectivity index (χ4n) is 1.80. The third-order valence-corrected chi connectivity index (χ3v) is 2.73. The summed E-state index contributed by atoms with van der Waals surface area (Å²) in [4.78, 5) is 13.6. The zero-order valence-electron chi connectivity index (χ0n) is 9.03. The third kappa shape index (κ3) is 3.46. The first-order chi connectivity index (χ1) is 6.15. The van der Waals surface area contributed by atoms with Crippen molar-refractivity contribution < 1.29 is 4.79 Å². The number of nitrogens with zero attached hydrogens (tertiary/aromatic N) is 1. The summed E-state index contributed by atoms with van der Waals surface area (Å²) in [5, 5.41) is 0. The van der Waals surface area contributed by atoms with Crippen LogP contribution in [-0.4, -0.2) is 29.9 Å². The van der Waals surface area contributed by atoms with Gasteiger partial charge in [0, 0.05) is 13.1 Å². The quantitative estimate of drug-likeness (QED) is 0.765. The predicted molar refractivity (Wildman–Crippen MR) is 60.5 cm³/mol. The van der Waals surface area contributed by atoms with E-state index >= 15 is 0 Å². The van der Waals surface area contributed by atoms with E-state index in [-0.39, 0.29) is 24.4 Å². The Balaban J connectivity index is 0.00000169. The number of halogens is 1. The summed E-state index contributed by atoms with van der Waals surface area (Å²) >= 11 is 0. The minimum absolute atomic E-state index is 0. The maximum Gasteiger partial charge on any atom is 0.239 e. The van der Waals surface area contributed by atoms with E-state index in [0.717, 1.165) is 25.9 Å². The van der Waals surface area contributed by atoms with Gasteiger partial charge in [0.1, 0.15) is 0 Å². The molecule has 1 aliphatic rings. The Hall–Kier alpha value is -0.280. The highest BCUT2D eigenvalue weighted by Gasteiger charge is 2.23. The molecule has 0 aromatic heterocycles. The van der Waals surface area contributed by atoms with Crippen molar-refractivity contribution in [3.05, 3.63) is 0 Å². The zero-order valence-corrected chi connectivity index (χ0v) is 9.85. The summed E-state index contributed by atoms with van der Waals surface area (Å²) < 4.78 is 0. The molecule has 4 heteroatoms. The first-order valence-electron chi connectivity index (χ1n) is 5.19. The molecule has 0 bridgehead atoms. The molecule has 2 N–H and O–H groups in total. The molecule has 0 aromatic rings. The molecule has 2 atom stereocenters. The van der Waals surface area contributed by atoms with Crippen LogP contribution in [0.2, 0.25) is 0 Å². The molecule has 84 valence electrons. The molecular formula is C10H21ClN2O. The first-order valence-corrected chi connectivity index (χ1v) is 5.19. The number of likely N-dealkylation sites (tertiary alicyclic amines) is 1. The van der Waals surface area contributed by atoms with E-state index in [0.29, 0.717) is 5.92 Å². The normalized spacial score (nSPS) is 23.9. The largest absolute Gasteiger partial charge is 0.341 e. The lowest BCUT2D eigenvalue weighted by molar-refractivity contribution is -0.134. The van der Waals surface area contributed by atoms with Crippen LogP contribution in [0.4, 0.5) is 0 Å². The summed E-state index contributed by atoms with van der Waals surface area (Å²) in [6.07, 6.45) is 3.11. The van der Waals surface area contributed by atoms with E-state index in [1.54, 1.807) is 0 Å². The number of carbonyl (C=O) groups excluding carboxylic acids is 1. The van der Waals surface area contributed by atoms with Gasteiger partial charge in [-0.15, -0.1) is 12.4 Å². The minimum atomic E-state index is -0.287. The Morgan fingerprint density at radius 2 is 2.29 bits per heavy atom. The highest BCUT2D eigenvalue weighted by molar-refractivity contribution is 5.85. The topological polar surface area (TPSA) is 46.3 Å². The average molecular weight is 221 g/mol. The second kappa shape index (κ2) is 6.25. The molecule has 1 aliphatic heterocycles. The lowest BCUT2D eigenvalue weighted by Gasteiger charge is -2.32. The van der Waals surface area contributed by atoms with E-state index in [2.05, 4.69) is 6.92 Å². The fourth-order valence-corrected chi connectivity index (χ4v) is 1.80. The SMILES string of the molecule is CC[C@@H](N)C(=O)N1CCC[C@H](C)C1.Cl. The number of carbonyl (C=O) groups is 1. The van der Waals surface area contributed by atoms with Crippen molar-refractivity contribution in [2.75, 3.05) is 13.1 Å². The van der Waals surface area contributed by atoms with Crippen LogP contribution in [-0.2, 0) is 4.79 Å². The number of hydrogen-bond acceptors (Lipinski definition) is 2. The van der Waals surface area contributed by atoms with Gasteiger partial charge in [-0.2, -0.15) is 0 Å². The number of amides is 1. The van der Waals surface area contributed by atoms with Gasteiger partial charge in [0.25, 0.3) is 0 Å². The monoisotopic (exact) mass is 220 g/mol. The second-order valence-electron chi connectivity index (χ2n) is 4.05. The summed E-state index contributed by atoms with van der Waals surface area (Å²) in [6, 6.07) is -0.287. The van der Waals surface area contributed by atoms with Gasteiger partial charge in [0.15, 0.2) is 0 Å². The molecule has 0 spiro atoms. The van der Waals surface area contributed by atoms with Crippen LogP contribution in [0.1, 0.15) is 33.1 Å². The van der Waals surface area contributed by atoms with Crippen LogP contribution in [0, 0.1) is 5.92 Å². The lowest BCUT2D eigenvalue weighted by atomic mass is 9.99. The Morgan fingerprint density at radius 1 is 1.64 bits per heavy atom. The van der Waals surface area contributed by atoms with Crippen molar-refractivity contribution in [3.63, 3.8) is 0 Å². The zero-order chi connectivity index (χ0) is 9.84. The Bertz CT molecular complexity index is 187. The van der Waals surface area contributed by atoms with Gasteiger partial charge in [-0.05, 0) is 25.2 Å². The van der Waals surface area contributed by atoms with Crippen molar-refractivity contribution in [2.24, 2.45) is 11.7 Å². The van der Waals surface area contributed by atoms with Gasteiger partial charge in [-0.3, -0.25) is 4.79 Å². The van der Waals surface area contributed by atoms with E-state index in [4.69, 9.17) is 5.73 Å². The Labute approximate surface area is 92.4 Å². The van der Waals surface area contributed by atoms with E-state index in [1.807, 2.05) is 11.8 Å². The van der Waals surface area contributed by atoms with Gasteiger partial charge in [-0.25, -0.2) is 0 Å². The molecule has 0 aromatic carbocycles. The van der Waals surface area contributed by atoms with Gasteiger partial charge < -0.3 is 10.6 Å². The van der Waals surface area contributed by atoms with E-state index in [1.165, 1.54) is 6.42 Å². The first kappa shape index (κ1) is 13.7. The summed E-state index contributed by atoms with van der Waals surface area (Å²) in [5.41, 5.74) is 5.70. The van der Waals surface area contributed by atoms with Crippen LogP contribution < -0.4 is 5.73 Å². The minimum Gasteiger partial charge on any atom is -0.341 e. The maximum atomic E-state index is 11.7. The highest BCUT2D eigenvalue weighted by Crippen LogP contribution is 2.16. The predicted octanol–water partition coefficient (Wildman–Crippen LogP) is 1.40. The van der Waals surface area contributed by atoms with E-state index < -0.39 is 0 Å². The van der Waals surface area contributed by atoms with Crippen LogP contribution in [0.3, 0.4) is 0 Å². The number of hydrogen-bond donors (Lipinski definition) is 1. The number of piperidine rings is 1. The Kier molecular flexibility index (Phi) is 6.12. The van der Waals surface area contributed by atoms with Crippen molar-refractivity contribution in [3.8, 4) is 0 Å². The maximum absolute atomic E-state index is 11.7. The highest BCUT2D eigenvalue weighted by atomic mass is 35.5. The number of nitrogens with two attached hydrogens (primary N) is 1. The lowest BCUT2D eigenvalue weighted by Crippen LogP contribution is -2.47. The molecule has 0 saturated carbocycles. The molecule has 1 amide bonds. The second-order valence-corrected chi connectivity index (χ2v) is 4.05.